The van der Waals surface area contributed by atoms with Crippen molar-refractivity contribution in [2.75, 3.05) is 0 Å². The average molecular weight is 234 g/mol. The van der Waals surface area contributed by atoms with Crippen LogP contribution in [-0.2, 0) is 0 Å². The predicted molar refractivity (Wildman–Crippen MR) is 64.0 cm³/mol. The molecule has 2 rings (SSSR count). The molecule has 2 heterocycles. The van der Waals surface area contributed by atoms with E-state index in [0.29, 0.717) is 5.89 Å². The molecule has 0 aliphatic carbocycles. The van der Waals surface area contributed by atoms with Gasteiger partial charge in [0, 0.05) is 17.2 Å². The van der Waals surface area contributed by atoms with Crippen molar-refractivity contribution in [2.45, 2.75) is 46.5 Å². The molecule has 0 saturated heterocycles. The summed E-state index contributed by atoms with van der Waals surface area (Å²) in [7, 11) is 0. The first-order valence-electron chi connectivity index (χ1n) is 5.85. The van der Waals surface area contributed by atoms with Crippen molar-refractivity contribution in [3.05, 3.63) is 28.7 Å². The standard InChI is InChI=1S/C12H18N4O/c1-6(2)11-13-12(17-16-11)7(3)10-8(4)14-15-9(10)5/h6-7H,1-5H3,(H,14,15)/t7-/m1/s1. The van der Waals surface area contributed by atoms with Crippen LogP contribution in [0.3, 0.4) is 0 Å². The van der Waals surface area contributed by atoms with Crippen molar-refractivity contribution in [3.63, 3.8) is 0 Å². The van der Waals surface area contributed by atoms with Gasteiger partial charge in [-0.25, -0.2) is 0 Å². The lowest BCUT2D eigenvalue weighted by molar-refractivity contribution is 0.363. The normalized spacial score (nSPS) is 13.3. The quantitative estimate of drug-likeness (QED) is 0.886. The first-order chi connectivity index (χ1) is 8.00. The molecular weight excluding hydrogens is 216 g/mol. The Morgan fingerprint density at radius 2 is 1.88 bits per heavy atom. The fourth-order valence-electron chi connectivity index (χ4n) is 1.98. The van der Waals surface area contributed by atoms with Gasteiger partial charge in [-0.3, -0.25) is 5.10 Å². The minimum Gasteiger partial charge on any atom is -0.339 e. The third-order valence-electron chi connectivity index (χ3n) is 2.96. The molecular formula is C12H18N4O. The molecule has 92 valence electrons. The maximum Gasteiger partial charge on any atom is 0.234 e. The van der Waals surface area contributed by atoms with Gasteiger partial charge in [0.2, 0.25) is 5.89 Å². The molecule has 0 radical (unpaired) electrons. The monoisotopic (exact) mass is 234 g/mol. The van der Waals surface area contributed by atoms with Gasteiger partial charge in [0.1, 0.15) is 0 Å². The molecule has 0 aliphatic heterocycles. The summed E-state index contributed by atoms with van der Waals surface area (Å²) in [6, 6.07) is 0. The van der Waals surface area contributed by atoms with Gasteiger partial charge in [-0.05, 0) is 20.8 Å². The Hall–Kier alpha value is -1.65. The van der Waals surface area contributed by atoms with Crippen LogP contribution in [0.2, 0.25) is 0 Å². The van der Waals surface area contributed by atoms with Gasteiger partial charge in [-0.2, -0.15) is 10.1 Å². The highest BCUT2D eigenvalue weighted by atomic mass is 16.5. The summed E-state index contributed by atoms with van der Waals surface area (Å²) in [6.45, 7) is 10.1. The van der Waals surface area contributed by atoms with E-state index >= 15 is 0 Å². The van der Waals surface area contributed by atoms with E-state index < -0.39 is 0 Å². The summed E-state index contributed by atoms with van der Waals surface area (Å²) in [6.07, 6.45) is 0. The number of H-pyrrole nitrogens is 1. The van der Waals surface area contributed by atoms with Crippen molar-refractivity contribution in [1.82, 2.24) is 20.3 Å². The minimum atomic E-state index is 0.0775. The number of hydrogen-bond acceptors (Lipinski definition) is 4. The molecule has 2 aromatic heterocycles. The highest BCUT2D eigenvalue weighted by molar-refractivity contribution is 5.30. The van der Waals surface area contributed by atoms with Crippen LogP contribution in [-0.4, -0.2) is 20.3 Å². The zero-order valence-corrected chi connectivity index (χ0v) is 10.9. The summed E-state index contributed by atoms with van der Waals surface area (Å²) in [5.74, 6) is 1.77. The smallest absolute Gasteiger partial charge is 0.234 e. The molecule has 1 N–H and O–H groups in total. The Morgan fingerprint density at radius 1 is 1.18 bits per heavy atom. The summed E-state index contributed by atoms with van der Waals surface area (Å²) < 4.78 is 5.32. The third kappa shape index (κ3) is 2.09. The van der Waals surface area contributed by atoms with Crippen molar-refractivity contribution in [3.8, 4) is 0 Å². The van der Waals surface area contributed by atoms with Gasteiger partial charge in [-0.1, -0.05) is 19.0 Å². The summed E-state index contributed by atoms with van der Waals surface area (Å²) in [5.41, 5.74) is 3.18. The number of nitrogens with one attached hydrogen (secondary N) is 1. The highest BCUT2D eigenvalue weighted by Crippen LogP contribution is 2.27. The van der Waals surface area contributed by atoms with Crippen LogP contribution in [0, 0.1) is 13.8 Å². The lowest BCUT2D eigenvalue weighted by Crippen LogP contribution is -2.00. The van der Waals surface area contributed by atoms with Crippen molar-refractivity contribution >= 4 is 0 Å². The third-order valence-corrected chi connectivity index (χ3v) is 2.96. The SMILES string of the molecule is Cc1n[nH]c(C)c1[C@@H](C)c1nc(C(C)C)no1. The Kier molecular flexibility index (Phi) is 3.00. The second-order valence-electron chi connectivity index (χ2n) is 4.71. The van der Waals surface area contributed by atoms with Crippen LogP contribution in [0.25, 0.3) is 0 Å². The van der Waals surface area contributed by atoms with E-state index in [2.05, 4.69) is 27.3 Å². The fourth-order valence-corrected chi connectivity index (χ4v) is 1.98. The topological polar surface area (TPSA) is 67.6 Å². The maximum atomic E-state index is 5.32. The molecule has 0 bridgehead atoms. The van der Waals surface area contributed by atoms with Crippen LogP contribution in [0.5, 0.6) is 0 Å². The number of rotatable bonds is 3. The van der Waals surface area contributed by atoms with Crippen molar-refractivity contribution < 1.29 is 4.52 Å². The van der Waals surface area contributed by atoms with E-state index in [1.54, 1.807) is 0 Å². The Balaban J connectivity index is 2.33. The zero-order chi connectivity index (χ0) is 12.6. The molecule has 0 amide bonds. The summed E-state index contributed by atoms with van der Waals surface area (Å²) in [4.78, 5) is 4.43. The van der Waals surface area contributed by atoms with Crippen LogP contribution in [0.4, 0.5) is 0 Å². The van der Waals surface area contributed by atoms with E-state index in [4.69, 9.17) is 4.52 Å². The molecule has 5 nitrogen and oxygen atoms in total. The van der Waals surface area contributed by atoms with Gasteiger partial charge >= 0.3 is 0 Å². The number of nitrogens with zero attached hydrogens (tertiary/aromatic N) is 3. The molecule has 5 heteroatoms. The summed E-state index contributed by atoms with van der Waals surface area (Å²) >= 11 is 0. The van der Waals surface area contributed by atoms with Crippen molar-refractivity contribution in [1.29, 1.82) is 0 Å². The Labute approximate surface area is 101 Å². The van der Waals surface area contributed by atoms with E-state index in [1.807, 2.05) is 27.7 Å². The van der Waals surface area contributed by atoms with Gasteiger partial charge in [-0.15, -0.1) is 0 Å². The maximum absolute atomic E-state index is 5.32. The summed E-state index contributed by atoms with van der Waals surface area (Å²) in [5, 5.41) is 11.2. The molecule has 17 heavy (non-hydrogen) atoms. The largest absolute Gasteiger partial charge is 0.339 e. The van der Waals surface area contributed by atoms with E-state index in [1.165, 1.54) is 0 Å². The van der Waals surface area contributed by atoms with Gasteiger partial charge in [0.15, 0.2) is 5.82 Å². The molecule has 0 aromatic carbocycles. The second kappa shape index (κ2) is 4.31. The van der Waals surface area contributed by atoms with Gasteiger partial charge in [0.05, 0.1) is 11.6 Å². The zero-order valence-electron chi connectivity index (χ0n) is 10.9. The minimum absolute atomic E-state index is 0.0775. The highest BCUT2D eigenvalue weighted by Gasteiger charge is 2.22. The first-order valence-corrected chi connectivity index (χ1v) is 5.85. The molecule has 0 fully saturated rings. The lowest BCUT2D eigenvalue weighted by atomic mass is 9.99. The van der Waals surface area contributed by atoms with Gasteiger partial charge < -0.3 is 4.52 Å². The average Bonchev–Trinajstić information content (AvgIpc) is 2.85. The van der Waals surface area contributed by atoms with E-state index in [9.17, 15) is 0 Å². The van der Waals surface area contributed by atoms with Crippen molar-refractivity contribution in [2.24, 2.45) is 0 Å². The fraction of sp³-hybridized carbons (Fsp3) is 0.583. The van der Waals surface area contributed by atoms with Crippen LogP contribution in [0.15, 0.2) is 4.52 Å². The number of aryl methyl sites for hydroxylation is 2. The molecule has 2 aromatic rings. The van der Waals surface area contributed by atoms with E-state index in [0.717, 1.165) is 22.8 Å². The van der Waals surface area contributed by atoms with E-state index in [-0.39, 0.29) is 11.8 Å². The molecule has 0 spiro atoms. The van der Waals surface area contributed by atoms with Gasteiger partial charge in [0.25, 0.3) is 0 Å². The van der Waals surface area contributed by atoms with Crippen LogP contribution >= 0.6 is 0 Å². The molecule has 0 aliphatic rings. The first kappa shape index (κ1) is 11.8. The molecule has 1 atom stereocenters. The molecule has 0 saturated carbocycles. The number of hydrogen-bond donors (Lipinski definition) is 1. The second-order valence-corrected chi connectivity index (χ2v) is 4.71. The Morgan fingerprint density at radius 3 is 2.35 bits per heavy atom. The molecule has 0 unspecified atom stereocenters. The predicted octanol–water partition coefficient (Wildman–Crippen LogP) is 2.68. The number of aromatic amines is 1. The Bertz CT molecular complexity index is 493. The van der Waals surface area contributed by atoms with Crippen LogP contribution < -0.4 is 0 Å². The van der Waals surface area contributed by atoms with Crippen LogP contribution in [0.1, 0.15) is 61.3 Å². The lowest BCUT2D eigenvalue weighted by Gasteiger charge is -2.06. The number of aromatic nitrogens is 4.